The number of likely N-dealkylation sites (tertiary alicyclic amines) is 2. The van der Waals surface area contributed by atoms with E-state index in [1.54, 1.807) is 11.8 Å². The minimum absolute atomic E-state index is 0.292. The third-order valence-corrected chi connectivity index (χ3v) is 4.44. The monoisotopic (exact) mass is 283 g/mol. The highest BCUT2D eigenvalue weighted by Crippen LogP contribution is 2.30. The quantitative estimate of drug-likeness (QED) is 0.757. The molecule has 2 atom stereocenters. The van der Waals surface area contributed by atoms with Gasteiger partial charge in [0.05, 0.1) is 5.92 Å². The number of carbonyl (C=O) groups excluding carboxylic acids is 2. The lowest BCUT2D eigenvalue weighted by Gasteiger charge is -2.43. The van der Waals surface area contributed by atoms with Gasteiger partial charge in [-0.05, 0) is 32.6 Å². The summed E-state index contributed by atoms with van der Waals surface area (Å²) in [6.45, 7) is 2.78. The Morgan fingerprint density at radius 3 is 2.50 bits per heavy atom. The van der Waals surface area contributed by atoms with E-state index in [1.807, 2.05) is 0 Å². The van der Waals surface area contributed by atoms with Crippen LogP contribution in [0.25, 0.3) is 0 Å². The first kappa shape index (κ1) is 14.6. The molecule has 0 saturated carbocycles. The van der Waals surface area contributed by atoms with Crippen LogP contribution in [0.2, 0.25) is 0 Å². The van der Waals surface area contributed by atoms with Crippen LogP contribution in [-0.2, 0) is 9.59 Å². The van der Waals surface area contributed by atoms with Crippen molar-refractivity contribution in [3.8, 4) is 0 Å². The van der Waals surface area contributed by atoms with Crippen molar-refractivity contribution < 1.29 is 19.5 Å². The van der Waals surface area contributed by atoms with Crippen molar-refractivity contribution in [1.82, 2.24) is 9.80 Å². The molecule has 2 unspecified atom stereocenters. The van der Waals surface area contributed by atoms with Gasteiger partial charge in [0.1, 0.15) is 5.54 Å². The van der Waals surface area contributed by atoms with Crippen LogP contribution < -0.4 is 5.73 Å². The fraction of sp³-hybridized carbons (Fsp3) is 0.769. The first-order valence-electron chi connectivity index (χ1n) is 6.95. The number of aliphatic carboxylic acids is 1. The van der Waals surface area contributed by atoms with Gasteiger partial charge in [0.2, 0.25) is 5.91 Å². The molecule has 2 rings (SSSR count). The van der Waals surface area contributed by atoms with Crippen LogP contribution in [0.4, 0.5) is 4.79 Å². The largest absolute Gasteiger partial charge is 0.480 e. The van der Waals surface area contributed by atoms with Crippen LogP contribution >= 0.6 is 0 Å². The second-order valence-electron chi connectivity index (χ2n) is 5.80. The number of piperidine rings is 1. The average Bonchev–Trinajstić information content (AvgIpc) is 2.88. The Hall–Kier alpha value is -1.79. The van der Waals surface area contributed by atoms with Gasteiger partial charge in [-0.2, -0.15) is 0 Å². The first-order valence-corrected chi connectivity index (χ1v) is 6.95. The molecule has 7 heteroatoms. The predicted octanol–water partition coefficient (Wildman–Crippen LogP) is 0.243. The molecule has 0 radical (unpaired) electrons. The van der Waals surface area contributed by atoms with Crippen molar-refractivity contribution in [3.05, 3.63) is 0 Å². The minimum Gasteiger partial charge on any atom is -0.480 e. The van der Waals surface area contributed by atoms with Gasteiger partial charge in [0, 0.05) is 19.6 Å². The summed E-state index contributed by atoms with van der Waals surface area (Å²) in [5, 5.41) is 9.41. The van der Waals surface area contributed by atoms with Crippen molar-refractivity contribution in [3.63, 3.8) is 0 Å². The fourth-order valence-electron chi connectivity index (χ4n) is 2.99. The second-order valence-corrected chi connectivity index (χ2v) is 5.80. The van der Waals surface area contributed by atoms with Crippen LogP contribution in [0, 0.1) is 5.92 Å². The molecular formula is C13H21N3O4. The third kappa shape index (κ3) is 2.44. The van der Waals surface area contributed by atoms with E-state index in [-0.39, 0.29) is 11.9 Å². The number of nitrogens with zero attached hydrogens (tertiary/aromatic N) is 2. The summed E-state index contributed by atoms with van der Waals surface area (Å²) < 4.78 is 0. The fourth-order valence-corrected chi connectivity index (χ4v) is 2.99. The lowest BCUT2D eigenvalue weighted by molar-refractivity contribution is -0.150. The van der Waals surface area contributed by atoms with E-state index in [0.29, 0.717) is 32.5 Å². The van der Waals surface area contributed by atoms with E-state index < -0.39 is 17.4 Å². The molecule has 0 aromatic rings. The molecule has 112 valence electrons. The maximum Gasteiger partial charge on any atom is 0.329 e. The Bertz CT molecular complexity index is 439. The number of hydrogen-bond donors (Lipinski definition) is 2. The molecular weight excluding hydrogens is 262 g/mol. The normalized spacial score (nSPS) is 30.4. The molecule has 2 aliphatic rings. The number of carbonyl (C=O) groups is 3. The maximum atomic E-state index is 12.5. The molecule has 2 aliphatic heterocycles. The zero-order valence-corrected chi connectivity index (χ0v) is 11.7. The summed E-state index contributed by atoms with van der Waals surface area (Å²) >= 11 is 0. The minimum atomic E-state index is -1.15. The van der Waals surface area contributed by atoms with Crippen molar-refractivity contribution in [2.75, 3.05) is 19.6 Å². The molecule has 0 aromatic carbocycles. The molecule has 0 aliphatic carbocycles. The SMILES string of the molecule is CC1(C(=O)O)CCCCN1C(=O)N1CCC(C(N)=O)C1. The molecule has 3 amide bonds. The summed E-state index contributed by atoms with van der Waals surface area (Å²) in [4.78, 5) is 38.2. The van der Waals surface area contributed by atoms with Gasteiger partial charge in [0.15, 0.2) is 0 Å². The molecule has 0 aromatic heterocycles. The number of hydrogen-bond acceptors (Lipinski definition) is 3. The van der Waals surface area contributed by atoms with Crippen molar-refractivity contribution >= 4 is 17.9 Å². The molecule has 0 bridgehead atoms. The summed E-state index contributed by atoms with van der Waals surface area (Å²) in [6, 6.07) is -0.293. The topological polar surface area (TPSA) is 104 Å². The molecule has 2 fully saturated rings. The van der Waals surface area contributed by atoms with E-state index in [9.17, 15) is 19.5 Å². The molecule has 20 heavy (non-hydrogen) atoms. The number of urea groups is 1. The average molecular weight is 283 g/mol. The van der Waals surface area contributed by atoms with Crippen molar-refractivity contribution in [2.24, 2.45) is 11.7 Å². The molecule has 7 nitrogen and oxygen atoms in total. The van der Waals surface area contributed by atoms with Crippen LogP contribution in [0.3, 0.4) is 0 Å². The molecule has 3 N–H and O–H groups in total. The second kappa shape index (κ2) is 5.30. The molecule has 2 saturated heterocycles. The highest BCUT2D eigenvalue weighted by atomic mass is 16.4. The highest BCUT2D eigenvalue weighted by molar-refractivity contribution is 5.87. The van der Waals surface area contributed by atoms with Crippen LogP contribution in [-0.4, -0.2) is 58.0 Å². The van der Waals surface area contributed by atoms with Gasteiger partial charge >= 0.3 is 12.0 Å². The lowest BCUT2D eigenvalue weighted by atomic mass is 9.89. The zero-order chi connectivity index (χ0) is 14.9. The van der Waals surface area contributed by atoms with Gasteiger partial charge in [-0.15, -0.1) is 0 Å². The van der Waals surface area contributed by atoms with E-state index in [0.717, 1.165) is 12.8 Å². The van der Waals surface area contributed by atoms with Gasteiger partial charge in [0.25, 0.3) is 0 Å². The van der Waals surface area contributed by atoms with E-state index in [1.165, 1.54) is 4.90 Å². The van der Waals surface area contributed by atoms with E-state index in [4.69, 9.17) is 5.73 Å². The van der Waals surface area contributed by atoms with Gasteiger partial charge in [-0.1, -0.05) is 0 Å². The Morgan fingerprint density at radius 1 is 1.25 bits per heavy atom. The van der Waals surface area contributed by atoms with Gasteiger partial charge < -0.3 is 20.6 Å². The van der Waals surface area contributed by atoms with Gasteiger partial charge in [-0.25, -0.2) is 9.59 Å². The molecule has 2 heterocycles. The Balaban J connectivity index is 2.11. The predicted molar refractivity (Wildman–Crippen MR) is 70.9 cm³/mol. The van der Waals surface area contributed by atoms with Crippen LogP contribution in [0.15, 0.2) is 0 Å². The lowest BCUT2D eigenvalue weighted by Crippen LogP contribution is -2.60. The number of carboxylic acid groups (broad SMARTS) is 1. The van der Waals surface area contributed by atoms with Gasteiger partial charge in [-0.3, -0.25) is 4.79 Å². The number of carboxylic acids is 1. The van der Waals surface area contributed by atoms with Crippen LogP contribution in [0.1, 0.15) is 32.6 Å². The maximum absolute atomic E-state index is 12.5. The summed E-state index contributed by atoms with van der Waals surface area (Å²) in [7, 11) is 0. The number of primary amides is 1. The number of rotatable bonds is 2. The summed E-state index contributed by atoms with van der Waals surface area (Å²) in [5.74, 6) is -1.70. The highest BCUT2D eigenvalue weighted by Gasteiger charge is 2.46. The van der Waals surface area contributed by atoms with Crippen molar-refractivity contribution in [1.29, 1.82) is 0 Å². The molecule has 0 spiro atoms. The van der Waals surface area contributed by atoms with E-state index in [2.05, 4.69) is 0 Å². The Labute approximate surface area is 117 Å². The van der Waals surface area contributed by atoms with Crippen LogP contribution in [0.5, 0.6) is 0 Å². The summed E-state index contributed by atoms with van der Waals surface area (Å²) in [5.41, 5.74) is 4.10. The first-order chi connectivity index (χ1) is 9.36. The zero-order valence-electron chi connectivity index (χ0n) is 11.7. The number of amides is 3. The smallest absolute Gasteiger partial charge is 0.329 e. The number of nitrogens with two attached hydrogens (primary N) is 1. The third-order valence-electron chi connectivity index (χ3n) is 4.44. The summed E-state index contributed by atoms with van der Waals surface area (Å²) in [6.07, 6.45) is 2.62. The Morgan fingerprint density at radius 2 is 1.95 bits per heavy atom. The van der Waals surface area contributed by atoms with E-state index >= 15 is 0 Å². The Kier molecular flexibility index (Phi) is 3.87. The van der Waals surface area contributed by atoms with Crippen molar-refractivity contribution in [2.45, 2.75) is 38.1 Å². The standard InChI is InChI=1S/C13H21N3O4/c1-13(11(18)19)5-2-3-6-16(13)12(20)15-7-4-9(8-15)10(14)17/h9H,2-8H2,1H3,(H2,14,17)(H,18,19).